The van der Waals surface area contributed by atoms with Gasteiger partial charge in [-0.3, -0.25) is 0 Å². The summed E-state index contributed by atoms with van der Waals surface area (Å²) in [6.07, 6.45) is 0. The van der Waals surface area contributed by atoms with Crippen molar-refractivity contribution >= 4 is 44.9 Å². The Morgan fingerprint density at radius 3 is 1.85 bits per heavy atom. The number of ether oxygens (including phenoxy) is 1. The van der Waals surface area contributed by atoms with Crippen molar-refractivity contribution in [3.8, 4) is 22.6 Å². The van der Waals surface area contributed by atoms with Gasteiger partial charge in [0, 0.05) is 22.2 Å². The summed E-state index contributed by atoms with van der Waals surface area (Å²) in [6.45, 7) is 4.69. The molecule has 9 aromatic carbocycles. The molecule has 3 nitrogen and oxygen atoms in total. The van der Waals surface area contributed by atoms with Gasteiger partial charge < -0.3 is 14.5 Å². The largest absolute Gasteiger partial charge is 0.451 e. The highest BCUT2D eigenvalue weighted by Crippen LogP contribution is 2.64. The Morgan fingerprint density at radius 1 is 0.458 bits per heavy atom. The van der Waals surface area contributed by atoms with E-state index in [9.17, 15) is 0 Å². The van der Waals surface area contributed by atoms with Gasteiger partial charge in [-0.05, 0) is 92.4 Å². The molecule has 0 spiro atoms. The number of fused-ring (bicyclic) bond motifs is 9. The Kier molecular flexibility index (Phi) is 7.19. The minimum atomic E-state index is -0.530. The highest BCUT2D eigenvalue weighted by atomic mass is 16.5. The Morgan fingerprint density at radius 2 is 1.08 bits per heavy atom. The number of rotatable bonds is 5. The Hall–Kier alpha value is -7.36. The summed E-state index contributed by atoms with van der Waals surface area (Å²) >= 11 is 0. The fourth-order valence-electron chi connectivity index (χ4n) is 10.5. The maximum atomic E-state index is 7.34. The zero-order valence-electron chi connectivity index (χ0n) is 32.9. The van der Waals surface area contributed by atoms with Gasteiger partial charge in [0.25, 0.3) is 0 Å². The molecule has 9 aromatic rings. The third-order valence-corrected chi connectivity index (χ3v) is 13.1. The van der Waals surface area contributed by atoms with Crippen LogP contribution >= 0.6 is 0 Å². The summed E-state index contributed by atoms with van der Waals surface area (Å²) in [6, 6.07) is 75.3. The van der Waals surface area contributed by atoms with Crippen LogP contribution in [0.4, 0.5) is 34.1 Å². The molecule has 3 aliphatic rings. The van der Waals surface area contributed by atoms with E-state index in [0.29, 0.717) is 0 Å². The number of nitrogens with zero attached hydrogens (tertiary/aromatic N) is 2. The molecule has 0 radical (unpaired) electrons. The molecule has 0 amide bonds. The molecule has 0 bridgehead atoms. The summed E-state index contributed by atoms with van der Waals surface area (Å²) in [7, 11) is 0. The van der Waals surface area contributed by atoms with Crippen molar-refractivity contribution in [1.82, 2.24) is 0 Å². The van der Waals surface area contributed by atoms with E-state index in [4.69, 9.17) is 4.74 Å². The van der Waals surface area contributed by atoms with E-state index in [0.717, 1.165) is 45.3 Å². The Balaban J connectivity index is 1.15. The number of hydrogen-bond acceptors (Lipinski definition) is 3. The van der Waals surface area contributed by atoms with Gasteiger partial charge in [0.15, 0.2) is 11.5 Å². The number of benzene rings is 9. The van der Waals surface area contributed by atoms with Crippen LogP contribution in [0.1, 0.15) is 47.2 Å². The van der Waals surface area contributed by atoms with Crippen LogP contribution in [-0.4, -0.2) is 0 Å². The van der Waals surface area contributed by atoms with Gasteiger partial charge in [0.2, 0.25) is 0 Å². The monoisotopic (exact) mass is 756 g/mol. The first-order chi connectivity index (χ1) is 29.0. The van der Waals surface area contributed by atoms with Crippen LogP contribution in [0.5, 0.6) is 11.5 Å². The van der Waals surface area contributed by atoms with E-state index in [1.54, 1.807) is 0 Å². The molecule has 0 saturated heterocycles. The summed E-state index contributed by atoms with van der Waals surface area (Å²) in [4.78, 5) is 4.88. The first kappa shape index (κ1) is 33.7. The van der Waals surface area contributed by atoms with E-state index >= 15 is 0 Å². The maximum Gasteiger partial charge on any atom is 0.175 e. The van der Waals surface area contributed by atoms with Crippen molar-refractivity contribution in [2.45, 2.75) is 24.7 Å². The minimum absolute atomic E-state index is 0.275. The van der Waals surface area contributed by atoms with Crippen molar-refractivity contribution in [1.29, 1.82) is 0 Å². The van der Waals surface area contributed by atoms with Crippen molar-refractivity contribution in [3.63, 3.8) is 0 Å². The summed E-state index contributed by atoms with van der Waals surface area (Å²) in [5, 5.41) is 2.35. The van der Waals surface area contributed by atoms with Gasteiger partial charge in [-0.1, -0.05) is 178 Å². The average Bonchev–Trinajstić information content (AvgIpc) is 3.59. The molecule has 2 aliphatic heterocycles. The molecule has 59 heavy (non-hydrogen) atoms. The molecular weight excluding hydrogens is 717 g/mol. The second kappa shape index (κ2) is 12.6. The van der Waals surface area contributed by atoms with Gasteiger partial charge in [0.1, 0.15) is 0 Å². The molecule has 0 aromatic heterocycles. The predicted molar refractivity (Wildman–Crippen MR) is 243 cm³/mol. The van der Waals surface area contributed by atoms with Crippen LogP contribution in [0.25, 0.3) is 21.9 Å². The van der Waals surface area contributed by atoms with Gasteiger partial charge in [-0.2, -0.15) is 0 Å². The Labute approximate surface area is 345 Å². The SMILES string of the molecule is CC1(C)c2ccccc2N2c3c1ccc(N(c1ccccc1)c1ccc4c(c1)C(c1ccccc1)(c1ccccc1)c1ccccc1-4)c3Oc1ccc3ccccc3c12. The highest BCUT2D eigenvalue weighted by Gasteiger charge is 2.47. The van der Waals surface area contributed by atoms with Crippen molar-refractivity contribution in [2.75, 3.05) is 9.80 Å². The van der Waals surface area contributed by atoms with Crippen molar-refractivity contribution in [3.05, 3.63) is 240 Å². The van der Waals surface area contributed by atoms with E-state index in [-0.39, 0.29) is 5.41 Å². The van der Waals surface area contributed by atoms with Crippen LogP contribution < -0.4 is 14.5 Å². The highest BCUT2D eigenvalue weighted by molar-refractivity contribution is 6.07. The second-order valence-electron chi connectivity index (χ2n) is 16.5. The molecular formula is C56H40N2O. The van der Waals surface area contributed by atoms with Gasteiger partial charge in [0.05, 0.1) is 28.2 Å². The quantitative estimate of drug-likeness (QED) is 0.174. The van der Waals surface area contributed by atoms with Crippen LogP contribution in [-0.2, 0) is 10.8 Å². The van der Waals surface area contributed by atoms with E-state index in [2.05, 4.69) is 230 Å². The smallest absolute Gasteiger partial charge is 0.175 e. The van der Waals surface area contributed by atoms with Crippen LogP contribution in [0.3, 0.4) is 0 Å². The van der Waals surface area contributed by atoms with Crippen molar-refractivity contribution < 1.29 is 4.74 Å². The predicted octanol–water partition coefficient (Wildman–Crippen LogP) is 14.9. The fraction of sp³-hybridized carbons (Fsp3) is 0.0714. The molecule has 3 heteroatoms. The topological polar surface area (TPSA) is 15.7 Å². The minimum Gasteiger partial charge on any atom is -0.451 e. The summed E-state index contributed by atoms with van der Waals surface area (Å²) in [5.74, 6) is 1.69. The third kappa shape index (κ3) is 4.64. The van der Waals surface area contributed by atoms with E-state index in [1.807, 2.05) is 0 Å². The standard InChI is InChI=1S/C56H40N2O/c1-55(2)46-28-16-17-29-49(46)58-52-42-25-13-12-18-37(42)30-35-51(52)59-54-50(34-33-47(55)53(54)58)57(40-23-10-5-11-24-40)41-31-32-44-43-26-14-15-27-45(43)56(48(44)36-41,38-19-6-3-7-20-38)39-21-8-4-9-22-39/h3-36H,1-2H3. The maximum absolute atomic E-state index is 7.34. The normalized spacial score (nSPS) is 14.6. The molecule has 1 aliphatic carbocycles. The molecule has 2 heterocycles. The summed E-state index contributed by atoms with van der Waals surface area (Å²) in [5.41, 5.74) is 15.7. The molecule has 0 unspecified atom stereocenters. The van der Waals surface area contributed by atoms with Gasteiger partial charge in [-0.25, -0.2) is 0 Å². The molecule has 0 N–H and O–H groups in total. The lowest BCUT2D eigenvalue weighted by molar-refractivity contribution is 0.473. The van der Waals surface area contributed by atoms with Crippen LogP contribution in [0.15, 0.2) is 206 Å². The summed E-state index contributed by atoms with van der Waals surface area (Å²) < 4.78 is 7.34. The van der Waals surface area contributed by atoms with E-state index < -0.39 is 5.41 Å². The lowest BCUT2D eigenvalue weighted by Gasteiger charge is -2.46. The Bertz CT molecular complexity index is 3080. The molecule has 0 atom stereocenters. The van der Waals surface area contributed by atoms with Crippen LogP contribution in [0, 0.1) is 0 Å². The zero-order chi connectivity index (χ0) is 39.3. The molecule has 0 fully saturated rings. The second-order valence-corrected chi connectivity index (χ2v) is 16.5. The molecule has 280 valence electrons. The number of hydrogen-bond donors (Lipinski definition) is 0. The lowest BCUT2D eigenvalue weighted by atomic mass is 9.67. The molecule has 12 rings (SSSR count). The first-order valence-electron chi connectivity index (χ1n) is 20.5. The van der Waals surface area contributed by atoms with Gasteiger partial charge >= 0.3 is 0 Å². The van der Waals surface area contributed by atoms with E-state index in [1.165, 1.54) is 55.6 Å². The van der Waals surface area contributed by atoms with Crippen molar-refractivity contribution in [2.24, 2.45) is 0 Å². The fourth-order valence-corrected chi connectivity index (χ4v) is 10.5. The number of para-hydroxylation sites is 2. The molecule has 0 saturated carbocycles. The first-order valence-corrected chi connectivity index (χ1v) is 20.5. The van der Waals surface area contributed by atoms with Crippen LogP contribution in [0.2, 0.25) is 0 Å². The lowest BCUT2D eigenvalue weighted by Crippen LogP contribution is -2.33. The van der Waals surface area contributed by atoms with Gasteiger partial charge in [-0.15, -0.1) is 0 Å². The third-order valence-electron chi connectivity index (χ3n) is 13.1. The zero-order valence-corrected chi connectivity index (χ0v) is 32.9. The number of anilines is 6. The average molecular weight is 757 g/mol.